The van der Waals surface area contributed by atoms with Gasteiger partial charge >= 0.3 is 0 Å². The van der Waals surface area contributed by atoms with Crippen LogP contribution in [-0.4, -0.2) is 25.8 Å². The van der Waals surface area contributed by atoms with E-state index in [1.165, 1.54) is 0 Å². The van der Waals surface area contributed by atoms with Crippen molar-refractivity contribution in [2.75, 3.05) is 19.7 Å². The van der Waals surface area contributed by atoms with Gasteiger partial charge in [-0.05, 0) is 6.85 Å². The van der Waals surface area contributed by atoms with E-state index in [0.717, 1.165) is 6.54 Å². The zero-order chi connectivity index (χ0) is 7.61. The molecule has 1 heterocycles. The minimum Gasteiger partial charge on any atom is -0.376 e. The van der Waals surface area contributed by atoms with Crippen LogP contribution in [0.3, 0.4) is 0 Å². The van der Waals surface area contributed by atoms with Crippen molar-refractivity contribution >= 4 is 0 Å². The molecule has 0 saturated carbocycles. The first-order valence-electron chi connectivity index (χ1n) is 3.93. The standard InChI is InChI=1S/C5H11NO/c1-5-4-6-2-3-7-5/h5-6H,2-4H2,1H3/i1D3. The highest BCUT2D eigenvalue weighted by atomic mass is 16.5. The summed E-state index contributed by atoms with van der Waals surface area (Å²) >= 11 is 0. The summed E-state index contributed by atoms with van der Waals surface area (Å²) in [6, 6.07) is 0. The van der Waals surface area contributed by atoms with Gasteiger partial charge in [-0.25, -0.2) is 0 Å². The van der Waals surface area contributed by atoms with Crippen LogP contribution in [0.1, 0.15) is 11.0 Å². The van der Waals surface area contributed by atoms with Gasteiger partial charge in [-0.2, -0.15) is 0 Å². The van der Waals surface area contributed by atoms with Gasteiger partial charge < -0.3 is 10.1 Å². The maximum Gasteiger partial charge on any atom is 0.0672 e. The van der Waals surface area contributed by atoms with E-state index in [1.807, 2.05) is 0 Å². The average Bonchev–Trinajstić information content (AvgIpc) is 1.88. The molecule has 0 radical (unpaired) electrons. The molecule has 1 atom stereocenters. The first-order chi connectivity index (χ1) is 4.61. The number of ether oxygens (including phenoxy) is 1. The van der Waals surface area contributed by atoms with Gasteiger partial charge in [0.2, 0.25) is 0 Å². The summed E-state index contributed by atoms with van der Waals surface area (Å²) in [7, 11) is 0. The van der Waals surface area contributed by atoms with Crippen molar-refractivity contribution in [1.29, 1.82) is 0 Å². The third-order valence-electron chi connectivity index (χ3n) is 0.928. The molecule has 7 heavy (non-hydrogen) atoms. The smallest absolute Gasteiger partial charge is 0.0672 e. The Bertz CT molecular complexity index is 108. The number of hydrogen-bond donors (Lipinski definition) is 1. The second kappa shape index (κ2) is 2.28. The molecule has 1 rings (SSSR count). The molecule has 0 aromatic rings. The van der Waals surface area contributed by atoms with Crippen LogP contribution in [-0.2, 0) is 4.74 Å². The SMILES string of the molecule is [2H]C([2H])([2H])C1CNCCO1. The van der Waals surface area contributed by atoms with Crippen molar-refractivity contribution in [3.05, 3.63) is 0 Å². The van der Waals surface area contributed by atoms with Gasteiger partial charge in [0.25, 0.3) is 0 Å². The number of nitrogens with one attached hydrogen (secondary N) is 1. The molecule has 2 nitrogen and oxygen atoms in total. The van der Waals surface area contributed by atoms with Crippen LogP contribution < -0.4 is 5.32 Å². The molecule has 0 spiro atoms. The fourth-order valence-electron chi connectivity index (χ4n) is 0.565. The second-order valence-electron chi connectivity index (χ2n) is 1.56. The highest BCUT2D eigenvalue weighted by Crippen LogP contribution is 1.91. The van der Waals surface area contributed by atoms with E-state index in [1.54, 1.807) is 0 Å². The molecule has 0 amide bonds. The molecule has 2 heteroatoms. The van der Waals surface area contributed by atoms with Crippen LogP contribution in [0, 0.1) is 0 Å². The van der Waals surface area contributed by atoms with E-state index < -0.39 is 13.0 Å². The molecule has 1 aliphatic heterocycles. The number of hydrogen-bond acceptors (Lipinski definition) is 2. The Hall–Kier alpha value is -0.0800. The molecule has 42 valence electrons. The highest BCUT2D eigenvalue weighted by Gasteiger charge is 2.04. The van der Waals surface area contributed by atoms with E-state index in [9.17, 15) is 0 Å². The van der Waals surface area contributed by atoms with Gasteiger partial charge in [0.15, 0.2) is 0 Å². The maximum atomic E-state index is 6.99. The average molecular weight is 104 g/mol. The first-order valence-corrected chi connectivity index (χ1v) is 2.43. The van der Waals surface area contributed by atoms with Crippen molar-refractivity contribution in [2.45, 2.75) is 13.0 Å². The Morgan fingerprint density at radius 2 is 3.00 bits per heavy atom. The minimum absolute atomic E-state index is 0.441. The summed E-state index contributed by atoms with van der Waals surface area (Å²) in [6.07, 6.45) is -0.610. The predicted octanol–water partition coefficient (Wildman–Crippen LogP) is -0.00530. The van der Waals surface area contributed by atoms with Gasteiger partial charge in [0, 0.05) is 17.2 Å². The highest BCUT2D eigenvalue weighted by molar-refractivity contribution is 4.59. The summed E-state index contributed by atoms with van der Waals surface area (Å²) in [5.74, 6) is 0. The Morgan fingerprint density at radius 3 is 3.43 bits per heavy atom. The number of rotatable bonds is 0. The quantitative estimate of drug-likeness (QED) is 0.467. The lowest BCUT2D eigenvalue weighted by Gasteiger charge is -2.18. The van der Waals surface area contributed by atoms with Crippen molar-refractivity contribution in [3.8, 4) is 0 Å². The number of morpholine rings is 1. The minimum atomic E-state index is -1.96. The van der Waals surface area contributed by atoms with E-state index in [0.29, 0.717) is 13.2 Å². The Balaban J connectivity index is 2.39. The molecule has 0 aliphatic carbocycles. The predicted molar refractivity (Wildman–Crippen MR) is 28.3 cm³/mol. The van der Waals surface area contributed by atoms with Gasteiger partial charge in [-0.1, -0.05) is 0 Å². The van der Waals surface area contributed by atoms with Gasteiger partial charge in [0.1, 0.15) is 0 Å². The second-order valence-corrected chi connectivity index (χ2v) is 1.56. The van der Waals surface area contributed by atoms with Crippen molar-refractivity contribution in [3.63, 3.8) is 0 Å². The summed E-state index contributed by atoms with van der Waals surface area (Å²) in [5.41, 5.74) is 0. The fourth-order valence-corrected chi connectivity index (χ4v) is 0.565. The lowest BCUT2D eigenvalue weighted by atomic mass is 10.3. The van der Waals surface area contributed by atoms with Gasteiger partial charge in [-0.3, -0.25) is 0 Å². The largest absolute Gasteiger partial charge is 0.376 e. The van der Waals surface area contributed by atoms with Gasteiger partial charge in [-0.15, -0.1) is 0 Å². The Morgan fingerprint density at radius 1 is 2.00 bits per heavy atom. The third kappa shape index (κ3) is 1.45. The van der Waals surface area contributed by atoms with Gasteiger partial charge in [0.05, 0.1) is 12.7 Å². The zero-order valence-electron chi connectivity index (χ0n) is 7.11. The van der Waals surface area contributed by atoms with Crippen LogP contribution in [0.15, 0.2) is 0 Å². The van der Waals surface area contributed by atoms with E-state index in [2.05, 4.69) is 5.32 Å². The molecule has 1 aliphatic rings. The van der Waals surface area contributed by atoms with Crippen molar-refractivity contribution in [1.82, 2.24) is 5.32 Å². The van der Waals surface area contributed by atoms with E-state index in [4.69, 9.17) is 8.85 Å². The first kappa shape index (κ1) is 2.46. The molecule has 1 saturated heterocycles. The molecule has 0 aromatic carbocycles. The van der Waals surface area contributed by atoms with Crippen LogP contribution in [0.2, 0.25) is 0 Å². The third-order valence-corrected chi connectivity index (χ3v) is 0.928. The molecule has 1 fully saturated rings. The van der Waals surface area contributed by atoms with E-state index in [-0.39, 0.29) is 0 Å². The van der Waals surface area contributed by atoms with Crippen LogP contribution in [0.5, 0.6) is 0 Å². The summed E-state index contributed by atoms with van der Waals surface area (Å²) in [4.78, 5) is 0. The van der Waals surface area contributed by atoms with Crippen molar-refractivity contribution < 1.29 is 8.85 Å². The maximum absolute atomic E-state index is 6.99. The van der Waals surface area contributed by atoms with Crippen LogP contribution in [0.4, 0.5) is 0 Å². The van der Waals surface area contributed by atoms with Crippen LogP contribution in [0.25, 0.3) is 0 Å². The monoisotopic (exact) mass is 104 g/mol. The molecule has 1 unspecified atom stereocenters. The fraction of sp³-hybridized carbons (Fsp3) is 1.00. The summed E-state index contributed by atoms with van der Waals surface area (Å²) < 4.78 is 26.0. The molecular formula is C5H11NO. The van der Waals surface area contributed by atoms with Crippen molar-refractivity contribution in [2.24, 2.45) is 0 Å². The topological polar surface area (TPSA) is 21.3 Å². The summed E-state index contributed by atoms with van der Waals surface area (Å²) in [6.45, 7) is -0.264. The lowest BCUT2D eigenvalue weighted by Crippen LogP contribution is -2.36. The summed E-state index contributed by atoms with van der Waals surface area (Å²) in [5, 5.41) is 2.96. The Labute approximate surface area is 48.1 Å². The lowest BCUT2D eigenvalue weighted by molar-refractivity contribution is 0.0410. The Kier molecular flexibility index (Phi) is 0.804. The normalized spacial score (nSPS) is 41.1. The molecular weight excluding hydrogens is 90.1 g/mol. The molecule has 0 bridgehead atoms. The zero-order valence-corrected chi connectivity index (χ0v) is 4.11. The van der Waals surface area contributed by atoms with E-state index >= 15 is 0 Å². The molecule has 0 aromatic heterocycles. The molecule has 1 N–H and O–H groups in total. The van der Waals surface area contributed by atoms with Crippen LogP contribution >= 0.6 is 0 Å².